The Morgan fingerprint density at radius 3 is 2.87 bits per heavy atom. The summed E-state index contributed by atoms with van der Waals surface area (Å²) in [6, 6.07) is 0. The Labute approximate surface area is 142 Å². The molecule has 7 nitrogen and oxygen atoms in total. The zero-order chi connectivity index (χ0) is 17.0. The highest BCUT2D eigenvalue weighted by Crippen LogP contribution is 2.18. The van der Waals surface area contributed by atoms with Crippen LogP contribution in [0.25, 0.3) is 0 Å². The second-order valence-electron chi connectivity index (χ2n) is 5.92. The van der Waals surface area contributed by atoms with Gasteiger partial charge in [0.05, 0.1) is 23.5 Å². The van der Waals surface area contributed by atoms with Gasteiger partial charge in [0.2, 0.25) is 10.0 Å². The Balaban J connectivity index is 1.83. The van der Waals surface area contributed by atoms with Crippen LogP contribution in [0.15, 0.2) is 10.4 Å². The van der Waals surface area contributed by atoms with Gasteiger partial charge in [-0.2, -0.15) is 0 Å². The molecule has 1 saturated heterocycles. The van der Waals surface area contributed by atoms with Crippen LogP contribution in [0.2, 0.25) is 0 Å². The van der Waals surface area contributed by atoms with E-state index in [0.29, 0.717) is 25.6 Å². The van der Waals surface area contributed by atoms with Gasteiger partial charge in [0, 0.05) is 39.1 Å². The first kappa shape index (κ1) is 18.2. The van der Waals surface area contributed by atoms with Gasteiger partial charge >= 0.3 is 0 Å². The average Bonchev–Trinajstić information content (AvgIpc) is 3.08. The lowest BCUT2D eigenvalue weighted by molar-refractivity contribution is 0.441. The van der Waals surface area contributed by atoms with Crippen LogP contribution in [0.3, 0.4) is 0 Å². The van der Waals surface area contributed by atoms with Gasteiger partial charge in [-0.25, -0.2) is 17.7 Å². The highest BCUT2D eigenvalue weighted by Gasteiger charge is 2.28. The van der Waals surface area contributed by atoms with Crippen molar-refractivity contribution in [3.8, 4) is 0 Å². The van der Waals surface area contributed by atoms with E-state index >= 15 is 0 Å². The van der Waals surface area contributed by atoms with Crippen LogP contribution in [-0.2, 0) is 16.6 Å². The second-order valence-corrected chi connectivity index (χ2v) is 8.96. The molecule has 1 unspecified atom stereocenters. The molecule has 0 radical (unpaired) electrons. The molecule has 0 bridgehead atoms. The van der Waals surface area contributed by atoms with Crippen molar-refractivity contribution < 1.29 is 8.42 Å². The zero-order valence-electron chi connectivity index (χ0n) is 14.1. The number of nitrogens with zero attached hydrogens (tertiary/aromatic N) is 4. The summed E-state index contributed by atoms with van der Waals surface area (Å²) in [5.74, 6) is 1.12. The van der Waals surface area contributed by atoms with Gasteiger partial charge in [-0.3, -0.25) is 4.99 Å². The SMILES string of the molecule is CN=C(NCC1CCN(S(C)(=O)=O)C1)N(C)Cc1csc(C)n1. The molecule has 1 aromatic rings. The Morgan fingerprint density at radius 1 is 1.61 bits per heavy atom. The van der Waals surface area contributed by atoms with E-state index in [1.54, 1.807) is 22.7 Å². The maximum absolute atomic E-state index is 11.6. The second kappa shape index (κ2) is 7.59. The summed E-state index contributed by atoms with van der Waals surface area (Å²) in [4.78, 5) is 10.8. The molecule has 0 amide bonds. The maximum atomic E-state index is 11.6. The van der Waals surface area contributed by atoms with E-state index in [9.17, 15) is 8.42 Å². The molecular weight excluding hydrogens is 334 g/mol. The molecule has 1 fully saturated rings. The van der Waals surface area contributed by atoms with E-state index in [1.807, 2.05) is 18.9 Å². The van der Waals surface area contributed by atoms with Crippen molar-refractivity contribution in [1.82, 2.24) is 19.5 Å². The third kappa shape index (κ3) is 5.15. The number of hydrogen-bond acceptors (Lipinski definition) is 5. The van der Waals surface area contributed by atoms with Gasteiger partial charge in [-0.15, -0.1) is 11.3 Å². The van der Waals surface area contributed by atoms with E-state index in [0.717, 1.165) is 29.6 Å². The zero-order valence-corrected chi connectivity index (χ0v) is 15.7. The molecule has 0 aromatic carbocycles. The lowest BCUT2D eigenvalue weighted by atomic mass is 10.1. The van der Waals surface area contributed by atoms with Crippen molar-refractivity contribution in [2.45, 2.75) is 19.9 Å². The quantitative estimate of drug-likeness (QED) is 0.620. The Hall–Kier alpha value is -1.19. The molecule has 2 rings (SSSR count). The summed E-state index contributed by atoms with van der Waals surface area (Å²) in [6.07, 6.45) is 2.15. The third-order valence-electron chi connectivity index (χ3n) is 3.91. The number of thiazole rings is 1. The van der Waals surface area contributed by atoms with E-state index in [1.165, 1.54) is 6.26 Å². The monoisotopic (exact) mass is 359 g/mol. The van der Waals surface area contributed by atoms with Gasteiger partial charge in [0.15, 0.2) is 5.96 Å². The Bertz CT molecular complexity index is 656. The summed E-state index contributed by atoms with van der Waals surface area (Å²) in [5, 5.41) is 6.45. The van der Waals surface area contributed by atoms with Gasteiger partial charge in [-0.05, 0) is 19.3 Å². The number of aliphatic imine (C=N–C) groups is 1. The van der Waals surface area contributed by atoms with Crippen molar-refractivity contribution in [1.29, 1.82) is 0 Å². The van der Waals surface area contributed by atoms with Gasteiger partial charge < -0.3 is 10.2 Å². The highest BCUT2D eigenvalue weighted by molar-refractivity contribution is 7.88. The number of hydrogen-bond donors (Lipinski definition) is 1. The number of nitrogens with one attached hydrogen (secondary N) is 1. The molecule has 1 N–H and O–H groups in total. The minimum atomic E-state index is -3.08. The number of guanidine groups is 1. The van der Waals surface area contributed by atoms with Crippen LogP contribution in [-0.4, -0.2) is 68.6 Å². The summed E-state index contributed by atoms with van der Waals surface area (Å²) in [5.41, 5.74) is 1.03. The average molecular weight is 360 g/mol. The lowest BCUT2D eigenvalue weighted by Gasteiger charge is -2.22. The van der Waals surface area contributed by atoms with Crippen LogP contribution in [0, 0.1) is 12.8 Å². The predicted octanol–water partition coefficient (Wildman–Crippen LogP) is 0.740. The minimum Gasteiger partial charge on any atom is -0.356 e. The number of aryl methyl sites for hydroxylation is 1. The van der Waals surface area contributed by atoms with Crippen LogP contribution in [0.5, 0.6) is 0 Å². The van der Waals surface area contributed by atoms with Crippen molar-refractivity contribution in [2.24, 2.45) is 10.9 Å². The molecule has 130 valence electrons. The fourth-order valence-corrected chi connectivity index (χ4v) is 4.21. The smallest absolute Gasteiger partial charge is 0.211 e. The molecule has 0 saturated carbocycles. The van der Waals surface area contributed by atoms with E-state index in [-0.39, 0.29) is 0 Å². The van der Waals surface area contributed by atoms with Crippen molar-refractivity contribution >= 4 is 27.3 Å². The van der Waals surface area contributed by atoms with Gasteiger partial charge in [0.25, 0.3) is 0 Å². The van der Waals surface area contributed by atoms with E-state index in [4.69, 9.17) is 0 Å². The number of sulfonamides is 1. The molecule has 0 aliphatic carbocycles. The summed E-state index contributed by atoms with van der Waals surface area (Å²) in [7, 11) is 0.650. The molecule has 2 heterocycles. The molecule has 1 aromatic heterocycles. The third-order valence-corrected chi connectivity index (χ3v) is 6.00. The molecule has 9 heteroatoms. The first-order valence-electron chi connectivity index (χ1n) is 7.57. The minimum absolute atomic E-state index is 0.316. The van der Waals surface area contributed by atoms with E-state index < -0.39 is 10.0 Å². The Morgan fingerprint density at radius 2 is 2.35 bits per heavy atom. The maximum Gasteiger partial charge on any atom is 0.211 e. The summed E-state index contributed by atoms with van der Waals surface area (Å²) < 4.78 is 24.7. The first-order valence-corrected chi connectivity index (χ1v) is 10.3. The van der Waals surface area contributed by atoms with Crippen molar-refractivity contribution in [3.63, 3.8) is 0 Å². The summed E-state index contributed by atoms with van der Waals surface area (Å²) in [6.45, 7) is 4.60. The number of aromatic nitrogens is 1. The normalized spacial score (nSPS) is 20.0. The van der Waals surface area contributed by atoms with Crippen molar-refractivity contribution in [3.05, 3.63) is 16.1 Å². The molecule has 0 spiro atoms. The molecule has 23 heavy (non-hydrogen) atoms. The van der Waals surface area contributed by atoms with Gasteiger partial charge in [-0.1, -0.05) is 0 Å². The van der Waals surface area contributed by atoms with Crippen LogP contribution in [0.4, 0.5) is 0 Å². The topological polar surface area (TPSA) is 77.9 Å². The fraction of sp³-hybridized carbons (Fsp3) is 0.714. The highest BCUT2D eigenvalue weighted by atomic mass is 32.2. The standard InChI is InChI=1S/C14H25N5O2S2/c1-11-17-13(10-22-11)9-18(3)14(15-2)16-7-12-5-6-19(8-12)23(4,20)21/h10,12H,5-9H2,1-4H3,(H,15,16). The summed E-state index contributed by atoms with van der Waals surface area (Å²) >= 11 is 1.64. The van der Waals surface area contributed by atoms with Crippen LogP contribution >= 0.6 is 11.3 Å². The fourth-order valence-electron chi connectivity index (χ4n) is 2.68. The molecular formula is C14H25N5O2S2. The predicted molar refractivity (Wildman–Crippen MR) is 94.2 cm³/mol. The Kier molecular flexibility index (Phi) is 5.99. The van der Waals surface area contributed by atoms with E-state index in [2.05, 4.69) is 20.7 Å². The first-order chi connectivity index (χ1) is 10.8. The number of rotatable bonds is 5. The largest absolute Gasteiger partial charge is 0.356 e. The molecule has 1 aliphatic rings. The lowest BCUT2D eigenvalue weighted by Crippen LogP contribution is -2.41. The van der Waals surface area contributed by atoms with Crippen LogP contribution < -0.4 is 5.32 Å². The van der Waals surface area contributed by atoms with Crippen molar-refractivity contribution in [2.75, 3.05) is 40.0 Å². The molecule has 1 atom stereocenters. The molecule has 1 aliphatic heterocycles. The van der Waals surface area contributed by atoms with Gasteiger partial charge in [0.1, 0.15) is 0 Å². The van der Waals surface area contributed by atoms with Crippen LogP contribution in [0.1, 0.15) is 17.1 Å².